The summed E-state index contributed by atoms with van der Waals surface area (Å²) in [4.78, 5) is 10.3. The number of carbonyl (C=O) groups excluding carboxylic acids is 1. The van der Waals surface area contributed by atoms with E-state index in [4.69, 9.17) is 11.6 Å². The summed E-state index contributed by atoms with van der Waals surface area (Å²) in [5.74, 6) is -0.464. The Bertz CT molecular complexity index is 80.5. The van der Waals surface area contributed by atoms with E-state index in [-0.39, 0.29) is 0 Å². The molecular weight excluding hydrogens is 128 g/mol. The lowest BCUT2D eigenvalue weighted by molar-refractivity contribution is -0.141. The lowest BCUT2D eigenvalue weighted by atomic mass is 10.5. The molecule has 0 fully saturated rings. The van der Waals surface area contributed by atoms with Crippen molar-refractivity contribution in [3.05, 3.63) is 6.92 Å². The minimum Gasteiger partial charge on any atom is -0.465 e. The summed E-state index contributed by atoms with van der Waals surface area (Å²) in [5, 5.41) is -0.769. The van der Waals surface area contributed by atoms with Crippen molar-refractivity contribution in [2.45, 2.75) is 12.3 Å². The van der Waals surface area contributed by atoms with Crippen molar-refractivity contribution in [3.63, 3.8) is 0 Å². The molecule has 1 unspecified atom stereocenters. The van der Waals surface area contributed by atoms with Crippen LogP contribution in [-0.4, -0.2) is 18.0 Å². The molecule has 0 saturated heterocycles. The number of hydrogen-bond donors (Lipinski definition) is 0. The highest BCUT2D eigenvalue weighted by Gasteiger charge is 2.07. The van der Waals surface area contributed by atoms with Gasteiger partial charge in [0.15, 0.2) is 0 Å². The van der Waals surface area contributed by atoms with Crippen molar-refractivity contribution >= 4 is 17.6 Å². The molecule has 2 nitrogen and oxygen atoms in total. The predicted octanol–water partition coefficient (Wildman–Crippen LogP) is 0.991. The fourth-order valence-corrected chi connectivity index (χ4v) is 0.296. The molecule has 0 spiro atoms. The van der Waals surface area contributed by atoms with Gasteiger partial charge < -0.3 is 4.74 Å². The van der Waals surface area contributed by atoms with E-state index in [0.29, 0.717) is 6.61 Å². The van der Waals surface area contributed by atoms with E-state index in [2.05, 4.69) is 11.7 Å². The Morgan fingerprint density at radius 3 is 2.62 bits per heavy atom. The molecule has 0 heterocycles. The van der Waals surface area contributed by atoms with Gasteiger partial charge in [-0.2, -0.15) is 0 Å². The van der Waals surface area contributed by atoms with Crippen LogP contribution in [0, 0.1) is 6.92 Å². The molecule has 0 aromatic rings. The highest BCUT2D eigenvalue weighted by Crippen LogP contribution is 1.94. The van der Waals surface area contributed by atoms with Crippen LogP contribution in [-0.2, 0) is 9.53 Å². The highest BCUT2D eigenvalue weighted by molar-refractivity contribution is 6.30. The zero-order chi connectivity index (χ0) is 6.57. The summed E-state index contributed by atoms with van der Waals surface area (Å²) in [7, 11) is 0. The SMILES string of the molecule is [CH2]C(Cl)C(=O)OCC. The molecule has 0 aromatic heterocycles. The smallest absolute Gasteiger partial charge is 0.324 e. The molecule has 0 rings (SSSR count). The Hall–Kier alpha value is -0.240. The van der Waals surface area contributed by atoms with E-state index in [1.54, 1.807) is 6.92 Å². The lowest BCUT2D eigenvalue weighted by Crippen LogP contribution is -2.13. The van der Waals surface area contributed by atoms with Crippen molar-refractivity contribution in [2.75, 3.05) is 6.61 Å². The van der Waals surface area contributed by atoms with E-state index >= 15 is 0 Å². The number of halogens is 1. The van der Waals surface area contributed by atoms with Gasteiger partial charge in [-0.1, -0.05) is 0 Å². The number of alkyl halides is 1. The van der Waals surface area contributed by atoms with Crippen molar-refractivity contribution in [2.24, 2.45) is 0 Å². The number of esters is 1. The summed E-state index contributed by atoms with van der Waals surface area (Å²) in [6.45, 7) is 5.33. The lowest BCUT2D eigenvalue weighted by Gasteiger charge is -2.00. The highest BCUT2D eigenvalue weighted by atomic mass is 35.5. The minimum absolute atomic E-state index is 0.359. The number of ether oxygens (including phenoxy) is 1. The monoisotopic (exact) mass is 135 g/mol. The third kappa shape index (κ3) is 2.86. The topological polar surface area (TPSA) is 26.3 Å². The fraction of sp³-hybridized carbons (Fsp3) is 0.600. The van der Waals surface area contributed by atoms with Crippen LogP contribution in [0.25, 0.3) is 0 Å². The predicted molar refractivity (Wildman–Crippen MR) is 31.6 cm³/mol. The van der Waals surface area contributed by atoms with E-state index < -0.39 is 11.3 Å². The molecule has 0 aliphatic carbocycles. The first kappa shape index (κ1) is 7.76. The summed E-state index contributed by atoms with van der Waals surface area (Å²) in [6, 6.07) is 0. The fourth-order valence-electron chi connectivity index (χ4n) is 0.233. The van der Waals surface area contributed by atoms with Gasteiger partial charge in [-0.25, -0.2) is 0 Å². The van der Waals surface area contributed by atoms with Crippen LogP contribution in [0.2, 0.25) is 0 Å². The number of rotatable bonds is 2. The zero-order valence-electron chi connectivity index (χ0n) is 4.69. The first-order chi connectivity index (χ1) is 3.68. The van der Waals surface area contributed by atoms with Gasteiger partial charge in [0.25, 0.3) is 0 Å². The van der Waals surface area contributed by atoms with E-state index in [0.717, 1.165) is 0 Å². The zero-order valence-corrected chi connectivity index (χ0v) is 5.44. The number of carbonyl (C=O) groups is 1. The normalized spacial score (nSPS) is 12.9. The van der Waals surface area contributed by atoms with Crippen molar-refractivity contribution < 1.29 is 9.53 Å². The number of hydrogen-bond acceptors (Lipinski definition) is 2. The van der Waals surface area contributed by atoms with Crippen molar-refractivity contribution in [1.29, 1.82) is 0 Å². The Balaban J connectivity index is 3.33. The molecule has 0 N–H and O–H groups in total. The summed E-state index contributed by atoms with van der Waals surface area (Å²) in [6.07, 6.45) is 0. The van der Waals surface area contributed by atoms with Gasteiger partial charge in [0.05, 0.1) is 6.61 Å². The molecule has 0 aliphatic rings. The summed E-state index contributed by atoms with van der Waals surface area (Å²) in [5.41, 5.74) is 0. The first-order valence-corrected chi connectivity index (χ1v) is 2.76. The molecule has 0 amide bonds. The average molecular weight is 136 g/mol. The molecule has 0 aromatic carbocycles. The second-order valence-electron chi connectivity index (χ2n) is 1.22. The molecule has 8 heavy (non-hydrogen) atoms. The molecule has 0 bridgehead atoms. The maximum Gasteiger partial charge on any atom is 0.324 e. The molecule has 1 atom stereocenters. The Labute approximate surface area is 53.8 Å². The van der Waals surface area contributed by atoms with Gasteiger partial charge in [-0.15, -0.1) is 11.6 Å². The minimum atomic E-state index is -0.769. The second kappa shape index (κ2) is 3.72. The maximum absolute atomic E-state index is 10.3. The molecular formula is C5H8ClO2. The van der Waals surface area contributed by atoms with Gasteiger partial charge >= 0.3 is 5.97 Å². The summed E-state index contributed by atoms with van der Waals surface area (Å²) < 4.78 is 4.47. The Morgan fingerprint density at radius 1 is 2.00 bits per heavy atom. The quantitative estimate of drug-likeness (QED) is 0.417. The van der Waals surface area contributed by atoms with Gasteiger partial charge in [0, 0.05) is 0 Å². The van der Waals surface area contributed by atoms with Gasteiger partial charge in [0.1, 0.15) is 5.38 Å². The van der Waals surface area contributed by atoms with Crippen LogP contribution in [0.1, 0.15) is 6.92 Å². The molecule has 0 saturated carbocycles. The molecule has 3 heteroatoms. The van der Waals surface area contributed by atoms with Crippen molar-refractivity contribution in [3.8, 4) is 0 Å². The first-order valence-electron chi connectivity index (χ1n) is 2.32. The second-order valence-corrected chi connectivity index (χ2v) is 1.75. The van der Waals surface area contributed by atoms with E-state index in [9.17, 15) is 4.79 Å². The van der Waals surface area contributed by atoms with Crippen LogP contribution in [0.3, 0.4) is 0 Å². The van der Waals surface area contributed by atoms with Crippen LogP contribution in [0.15, 0.2) is 0 Å². The Morgan fingerprint density at radius 2 is 2.50 bits per heavy atom. The standard InChI is InChI=1S/C5H8ClO2/c1-3-8-5(7)4(2)6/h4H,2-3H2,1H3. The average Bonchev–Trinajstić information content (AvgIpc) is 1.67. The third-order valence-electron chi connectivity index (χ3n) is 0.542. The van der Waals surface area contributed by atoms with Crippen LogP contribution in [0.5, 0.6) is 0 Å². The summed E-state index contributed by atoms with van der Waals surface area (Å²) >= 11 is 5.22. The van der Waals surface area contributed by atoms with Crippen LogP contribution < -0.4 is 0 Å². The Kier molecular flexibility index (Phi) is 3.61. The van der Waals surface area contributed by atoms with E-state index in [1.165, 1.54) is 0 Å². The maximum atomic E-state index is 10.3. The third-order valence-corrected chi connectivity index (χ3v) is 0.721. The molecule has 1 radical (unpaired) electrons. The van der Waals surface area contributed by atoms with Gasteiger partial charge in [0.2, 0.25) is 0 Å². The van der Waals surface area contributed by atoms with E-state index in [1.807, 2.05) is 0 Å². The van der Waals surface area contributed by atoms with Crippen LogP contribution in [0.4, 0.5) is 0 Å². The van der Waals surface area contributed by atoms with Gasteiger partial charge in [-0.05, 0) is 13.8 Å². The molecule has 47 valence electrons. The molecule has 0 aliphatic heterocycles. The van der Waals surface area contributed by atoms with Crippen molar-refractivity contribution in [1.82, 2.24) is 0 Å². The van der Waals surface area contributed by atoms with Crippen LogP contribution >= 0.6 is 11.6 Å². The largest absolute Gasteiger partial charge is 0.465 e. The van der Waals surface area contributed by atoms with Gasteiger partial charge in [-0.3, -0.25) is 4.79 Å².